The highest BCUT2D eigenvalue weighted by Crippen LogP contribution is 2.23. The van der Waals surface area contributed by atoms with Crippen LogP contribution in [0.15, 0.2) is 52.2 Å². The van der Waals surface area contributed by atoms with Gasteiger partial charge in [0.05, 0.1) is 17.7 Å². The van der Waals surface area contributed by atoms with Crippen LogP contribution in [0.4, 0.5) is 0 Å². The molecule has 0 saturated heterocycles. The Hall–Kier alpha value is -2.28. The summed E-state index contributed by atoms with van der Waals surface area (Å²) in [6.07, 6.45) is 1.64. The van der Waals surface area contributed by atoms with E-state index in [9.17, 15) is 5.11 Å². The summed E-state index contributed by atoms with van der Waals surface area (Å²) in [4.78, 5) is 0. The van der Waals surface area contributed by atoms with E-state index < -0.39 is 0 Å². The van der Waals surface area contributed by atoms with E-state index in [-0.39, 0.29) is 5.75 Å². The lowest BCUT2D eigenvalue weighted by Crippen LogP contribution is -1.98. The molecule has 3 rings (SSSR count). The average Bonchev–Trinajstić information content (AvgIpc) is 3.08. The standard InChI is InChI=1S/C12H10N4O2S/c17-10-5-3-9(4-6-10)16-12(13-14-15-16)19-8-11-2-1-7-18-11/h1-7,17H,8H2. The molecule has 0 radical (unpaired) electrons. The van der Waals surface area contributed by atoms with Gasteiger partial charge in [-0.1, -0.05) is 11.8 Å². The number of hydrogen-bond donors (Lipinski definition) is 1. The number of phenols is 1. The van der Waals surface area contributed by atoms with Crippen LogP contribution in [0.1, 0.15) is 5.76 Å². The van der Waals surface area contributed by atoms with Gasteiger partial charge in [-0.2, -0.15) is 4.68 Å². The molecule has 19 heavy (non-hydrogen) atoms. The quantitative estimate of drug-likeness (QED) is 0.735. The fourth-order valence-electron chi connectivity index (χ4n) is 1.56. The third kappa shape index (κ3) is 2.60. The van der Waals surface area contributed by atoms with Gasteiger partial charge in [0.25, 0.3) is 0 Å². The number of hydrogen-bond acceptors (Lipinski definition) is 6. The van der Waals surface area contributed by atoms with Crippen LogP contribution in [0.3, 0.4) is 0 Å². The summed E-state index contributed by atoms with van der Waals surface area (Å²) in [6.45, 7) is 0. The SMILES string of the molecule is Oc1ccc(-n2nnnc2SCc2ccco2)cc1. The van der Waals surface area contributed by atoms with Crippen LogP contribution in [0.5, 0.6) is 5.75 Å². The van der Waals surface area contributed by atoms with Gasteiger partial charge in [0.2, 0.25) is 5.16 Å². The van der Waals surface area contributed by atoms with Crippen molar-refractivity contribution in [3.8, 4) is 11.4 Å². The molecule has 0 unspecified atom stereocenters. The topological polar surface area (TPSA) is 77.0 Å². The van der Waals surface area contributed by atoms with Crippen molar-refractivity contribution in [1.82, 2.24) is 20.2 Å². The molecule has 0 aliphatic rings. The van der Waals surface area contributed by atoms with Crippen LogP contribution >= 0.6 is 11.8 Å². The summed E-state index contributed by atoms with van der Waals surface area (Å²) in [5.74, 6) is 1.73. The first-order chi connectivity index (χ1) is 9.33. The van der Waals surface area contributed by atoms with Gasteiger partial charge in [0.15, 0.2) is 0 Å². The molecule has 0 aliphatic heterocycles. The summed E-state index contributed by atoms with van der Waals surface area (Å²) in [6, 6.07) is 10.4. The Balaban J connectivity index is 1.80. The summed E-state index contributed by atoms with van der Waals surface area (Å²) >= 11 is 1.48. The van der Waals surface area contributed by atoms with Crippen LogP contribution in [0.2, 0.25) is 0 Å². The molecule has 0 spiro atoms. The van der Waals surface area contributed by atoms with E-state index in [4.69, 9.17) is 4.42 Å². The Bertz CT molecular complexity index is 649. The number of aromatic nitrogens is 4. The summed E-state index contributed by atoms with van der Waals surface area (Å²) in [5, 5.41) is 21.5. The molecular formula is C12H10N4O2S. The van der Waals surface area contributed by atoms with Crippen LogP contribution in [0, 0.1) is 0 Å². The van der Waals surface area contributed by atoms with E-state index in [2.05, 4.69) is 15.5 Å². The van der Waals surface area contributed by atoms with Crippen LogP contribution in [0.25, 0.3) is 5.69 Å². The Morgan fingerprint density at radius 3 is 2.79 bits per heavy atom. The van der Waals surface area contributed by atoms with Crippen molar-refractivity contribution < 1.29 is 9.52 Å². The third-order valence-corrected chi connectivity index (χ3v) is 3.40. The molecule has 7 heteroatoms. The monoisotopic (exact) mass is 274 g/mol. The maximum atomic E-state index is 9.27. The summed E-state index contributed by atoms with van der Waals surface area (Å²) < 4.78 is 6.88. The number of nitrogens with zero attached hydrogens (tertiary/aromatic N) is 4. The van der Waals surface area contributed by atoms with Gasteiger partial charge in [-0.05, 0) is 46.8 Å². The number of tetrazole rings is 1. The average molecular weight is 274 g/mol. The lowest BCUT2D eigenvalue weighted by Gasteiger charge is -2.03. The van der Waals surface area contributed by atoms with E-state index in [1.807, 2.05) is 12.1 Å². The summed E-state index contributed by atoms with van der Waals surface area (Å²) in [7, 11) is 0. The summed E-state index contributed by atoms with van der Waals surface area (Å²) in [5.41, 5.74) is 0.796. The Morgan fingerprint density at radius 2 is 2.05 bits per heavy atom. The number of furan rings is 1. The van der Waals surface area contributed by atoms with E-state index in [1.54, 1.807) is 35.2 Å². The fourth-order valence-corrected chi connectivity index (χ4v) is 2.35. The minimum Gasteiger partial charge on any atom is -0.508 e. The molecule has 2 heterocycles. The van der Waals surface area contributed by atoms with Crippen molar-refractivity contribution in [1.29, 1.82) is 0 Å². The number of thioether (sulfide) groups is 1. The lowest BCUT2D eigenvalue weighted by molar-refractivity contribution is 0.475. The van der Waals surface area contributed by atoms with E-state index >= 15 is 0 Å². The van der Waals surface area contributed by atoms with Crippen molar-refractivity contribution in [3.05, 3.63) is 48.4 Å². The molecule has 6 nitrogen and oxygen atoms in total. The number of benzene rings is 1. The van der Waals surface area contributed by atoms with Crippen molar-refractivity contribution in [3.63, 3.8) is 0 Å². The van der Waals surface area contributed by atoms with E-state index in [1.165, 1.54) is 11.8 Å². The predicted molar refractivity (Wildman–Crippen MR) is 69.1 cm³/mol. The molecule has 0 aliphatic carbocycles. The Morgan fingerprint density at radius 1 is 1.21 bits per heavy atom. The molecule has 0 saturated carbocycles. The third-order valence-electron chi connectivity index (χ3n) is 2.46. The Labute approximate surface area is 113 Å². The minimum atomic E-state index is 0.210. The number of phenolic OH excluding ortho intramolecular Hbond substituents is 1. The zero-order valence-corrected chi connectivity index (χ0v) is 10.6. The highest BCUT2D eigenvalue weighted by Gasteiger charge is 2.09. The second kappa shape index (κ2) is 5.15. The smallest absolute Gasteiger partial charge is 0.214 e. The molecule has 1 N–H and O–H groups in total. The van der Waals surface area contributed by atoms with Gasteiger partial charge >= 0.3 is 0 Å². The first kappa shape index (κ1) is 11.8. The van der Waals surface area contributed by atoms with E-state index in [0.29, 0.717) is 10.9 Å². The second-order valence-electron chi connectivity index (χ2n) is 3.76. The van der Waals surface area contributed by atoms with Gasteiger partial charge in [-0.15, -0.1) is 5.10 Å². The lowest BCUT2D eigenvalue weighted by atomic mass is 10.3. The molecule has 96 valence electrons. The van der Waals surface area contributed by atoms with Gasteiger partial charge in [-0.25, -0.2) is 0 Å². The highest BCUT2D eigenvalue weighted by molar-refractivity contribution is 7.98. The molecule has 1 aromatic carbocycles. The second-order valence-corrected chi connectivity index (χ2v) is 4.70. The number of rotatable bonds is 4. The molecule has 2 aromatic heterocycles. The molecule has 0 atom stereocenters. The van der Waals surface area contributed by atoms with Crippen LogP contribution in [-0.4, -0.2) is 25.3 Å². The highest BCUT2D eigenvalue weighted by atomic mass is 32.2. The van der Waals surface area contributed by atoms with Crippen LogP contribution in [-0.2, 0) is 5.75 Å². The molecule has 0 fully saturated rings. The van der Waals surface area contributed by atoms with Gasteiger partial charge in [0, 0.05) is 0 Å². The maximum absolute atomic E-state index is 9.27. The van der Waals surface area contributed by atoms with Gasteiger partial charge < -0.3 is 9.52 Å². The van der Waals surface area contributed by atoms with Crippen molar-refractivity contribution in [2.45, 2.75) is 10.9 Å². The normalized spacial score (nSPS) is 10.7. The zero-order valence-electron chi connectivity index (χ0n) is 9.80. The first-order valence-corrected chi connectivity index (χ1v) is 6.54. The molecule has 0 bridgehead atoms. The van der Waals surface area contributed by atoms with Crippen molar-refractivity contribution in [2.75, 3.05) is 0 Å². The fraction of sp³-hybridized carbons (Fsp3) is 0.0833. The maximum Gasteiger partial charge on any atom is 0.214 e. The van der Waals surface area contributed by atoms with Gasteiger partial charge in [-0.3, -0.25) is 0 Å². The first-order valence-electron chi connectivity index (χ1n) is 5.56. The van der Waals surface area contributed by atoms with Crippen molar-refractivity contribution in [2.24, 2.45) is 0 Å². The number of aromatic hydroxyl groups is 1. The minimum absolute atomic E-state index is 0.210. The van der Waals surface area contributed by atoms with Gasteiger partial charge in [0.1, 0.15) is 11.5 Å². The molecule has 0 amide bonds. The Kier molecular flexibility index (Phi) is 3.20. The largest absolute Gasteiger partial charge is 0.508 e. The van der Waals surface area contributed by atoms with E-state index in [0.717, 1.165) is 11.4 Å². The molecular weight excluding hydrogens is 264 g/mol. The zero-order chi connectivity index (χ0) is 13.1. The van der Waals surface area contributed by atoms with Crippen LogP contribution < -0.4 is 0 Å². The van der Waals surface area contributed by atoms with Crippen molar-refractivity contribution >= 4 is 11.8 Å². The predicted octanol–water partition coefficient (Wildman–Crippen LogP) is 2.25. The molecule has 3 aromatic rings.